The van der Waals surface area contributed by atoms with Gasteiger partial charge in [-0.05, 0) is 54.2 Å². The molecule has 2 heterocycles. The fourth-order valence-electron chi connectivity index (χ4n) is 4.11. The highest BCUT2D eigenvalue weighted by molar-refractivity contribution is 5.99. The average Bonchev–Trinajstić information content (AvgIpc) is 3.49. The van der Waals surface area contributed by atoms with E-state index in [0.717, 1.165) is 12.1 Å². The van der Waals surface area contributed by atoms with Crippen molar-refractivity contribution in [1.29, 1.82) is 0 Å². The molecule has 1 fully saturated rings. The van der Waals surface area contributed by atoms with Crippen LogP contribution in [-0.2, 0) is 16.0 Å². The molecular formula is C26H29N5O4. The summed E-state index contributed by atoms with van der Waals surface area (Å²) in [6.45, 7) is 4.73. The summed E-state index contributed by atoms with van der Waals surface area (Å²) in [6, 6.07) is 15.5. The number of urea groups is 1. The smallest absolute Gasteiger partial charge is 0.322 e. The van der Waals surface area contributed by atoms with Gasteiger partial charge in [0.1, 0.15) is 6.04 Å². The minimum absolute atomic E-state index is 0.0462. The SMILES string of the molecule is CC(C)c1ccc(NC(=O)N2CCC[C@@H]2C(=O)Nc2ccn(-c3ccc(CC(=O)O)cc3)n2)cc1. The fourth-order valence-corrected chi connectivity index (χ4v) is 4.11. The Kier molecular flexibility index (Phi) is 7.14. The summed E-state index contributed by atoms with van der Waals surface area (Å²) in [7, 11) is 0. The van der Waals surface area contributed by atoms with Crippen LogP contribution in [0.2, 0.25) is 0 Å². The van der Waals surface area contributed by atoms with Crippen molar-refractivity contribution >= 4 is 29.4 Å². The molecule has 1 aliphatic rings. The Morgan fingerprint density at radius 1 is 1.03 bits per heavy atom. The normalized spacial score (nSPS) is 15.3. The van der Waals surface area contributed by atoms with Crippen molar-refractivity contribution in [1.82, 2.24) is 14.7 Å². The van der Waals surface area contributed by atoms with Crippen LogP contribution >= 0.6 is 0 Å². The molecule has 0 saturated carbocycles. The van der Waals surface area contributed by atoms with E-state index < -0.39 is 12.0 Å². The van der Waals surface area contributed by atoms with E-state index in [4.69, 9.17) is 5.11 Å². The van der Waals surface area contributed by atoms with E-state index in [1.165, 1.54) is 5.56 Å². The van der Waals surface area contributed by atoms with Crippen LogP contribution in [0.4, 0.5) is 16.3 Å². The maximum absolute atomic E-state index is 13.0. The number of likely N-dealkylation sites (tertiary alicyclic amines) is 1. The first-order chi connectivity index (χ1) is 16.8. The molecule has 0 bridgehead atoms. The van der Waals surface area contributed by atoms with E-state index in [0.29, 0.717) is 36.0 Å². The van der Waals surface area contributed by atoms with E-state index in [-0.39, 0.29) is 18.4 Å². The number of nitrogens with zero attached hydrogens (tertiary/aromatic N) is 3. The standard InChI is InChI=1S/C26H29N5O4/c1-17(2)19-7-9-20(10-8-19)27-26(35)30-14-3-4-22(30)25(34)28-23-13-15-31(29-23)21-11-5-18(6-12-21)16-24(32)33/h5-13,15,17,22H,3-4,14,16H2,1-2H3,(H,27,35)(H,32,33)(H,28,29,34)/t22-/m1/s1. The predicted molar refractivity (Wildman–Crippen MR) is 133 cm³/mol. The zero-order chi connectivity index (χ0) is 24.9. The summed E-state index contributed by atoms with van der Waals surface area (Å²) in [6.07, 6.45) is 2.99. The van der Waals surface area contributed by atoms with Crippen LogP contribution < -0.4 is 10.6 Å². The van der Waals surface area contributed by atoms with Gasteiger partial charge in [-0.3, -0.25) is 9.59 Å². The lowest BCUT2D eigenvalue weighted by molar-refractivity contribution is -0.136. The van der Waals surface area contributed by atoms with Crippen LogP contribution in [0, 0.1) is 0 Å². The lowest BCUT2D eigenvalue weighted by Crippen LogP contribution is -2.45. The number of hydrogen-bond acceptors (Lipinski definition) is 4. The maximum atomic E-state index is 13.0. The molecule has 1 aliphatic heterocycles. The molecule has 1 aromatic heterocycles. The van der Waals surface area contributed by atoms with Crippen LogP contribution in [-0.4, -0.2) is 50.3 Å². The number of nitrogens with one attached hydrogen (secondary N) is 2. The zero-order valence-corrected chi connectivity index (χ0v) is 19.8. The second-order valence-electron chi connectivity index (χ2n) is 8.93. The number of rotatable bonds is 7. The van der Waals surface area contributed by atoms with E-state index in [1.54, 1.807) is 46.1 Å². The summed E-state index contributed by atoms with van der Waals surface area (Å²) in [4.78, 5) is 38.2. The largest absolute Gasteiger partial charge is 0.481 e. The Hall–Kier alpha value is -4.14. The van der Waals surface area contributed by atoms with Gasteiger partial charge in [-0.1, -0.05) is 38.1 Å². The molecule has 2 aromatic carbocycles. The molecule has 0 aliphatic carbocycles. The maximum Gasteiger partial charge on any atom is 0.322 e. The van der Waals surface area contributed by atoms with Gasteiger partial charge in [0.05, 0.1) is 12.1 Å². The van der Waals surface area contributed by atoms with Crippen molar-refractivity contribution in [2.45, 2.75) is 45.1 Å². The van der Waals surface area contributed by atoms with Crippen molar-refractivity contribution in [3.63, 3.8) is 0 Å². The van der Waals surface area contributed by atoms with Gasteiger partial charge in [0.25, 0.3) is 0 Å². The van der Waals surface area contributed by atoms with Crippen molar-refractivity contribution in [3.05, 3.63) is 71.9 Å². The summed E-state index contributed by atoms with van der Waals surface area (Å²) < 4.78 is 1.60. The van der Waals surface area contributed by atoms with Gasteiger partial charge >= 0.3 is 12.0 Å². The van der Waals surface area contributed by atoms with Crippen molar-refractivity contribution < 1.29 is 19.5 Å². The molecular weight excluding hydrogens is 446 g/mol. The highest BCUT2D eigenvalue weighted by Crippen LogP contribution is 2.22. The molecule has 3 amide bonds. The third-order valence-electron chi connectivity index (χ3n) is 6.04. The molecule has 0 unspecified atom stereocenters. The fraction of sp³-hybridized carbons (Fsp3) is 0.308. The molecule has 4 rings (SSSR count). The second-order valence-corrected chi connectivity index (χ2v) is 8.93. The molecule has 9 nitrogen and oxygen atoms in total. The summed E-state index contributed by atoms with van der Waals surface area (Å²) in [5.41, 5.74) is 3.32. The van der Waals surface area contributed by atoms with Crippen molar-refractivity contribution in [3.8, 4) is 5.69 Å². The number of benzene rings is 2. The highest BCUT2D eigenvalue weighted by atomic mass is 16.4. The van der Waals surface area contributed by atoms with Gasteiger partial charge in [0, 0.05) is 24.5 Å². The molecule has 0 spiro atoms. The molecule has 1 saturated heterocycles. The monoisotopic (exact) mass is 475 g/mol. The van der Waals surface area contributed by atoms with Gasteiger partial charge in [0.15, 0.2) is 5.82 Å². The second kappa shape index (κ2) is 10.4. The number of amides is 3. The number of carbonyl (C=O) groups excluding carboxylic acids is 2. The Morgan fingerprint density at radius 2 is 1.74 bits per heavy atom. The Balaban J connectivity index is 1.37. The Bertz CT molecular complexity index is 1200. The molecule has 3 N–H and O–H groups in total. The van der Waals surface area contributed by atoms with Gasteiger partial charge in [0.2, 0.25) is 5.91 Å². The van der Waals surface area contributed by atoms with Gasteiger partial charge in [-0.15, -0.1) is 0 Å². The van der Waals surface area contributed by atoms with E-state index >= 15 is 0 Å². The lowest BCUT2D eigenvalue weighted by Gasteiger charge is -2.24. The van der Waals surface area contributed by atoms with Crippen molar-refractivity contribution in [2.24, 2.45) is 0 Å². The lowest BCUT2D eigenvalue weighted by atomic mass is 10.0. The first-order valence-electron chi connectivity index (χ1n) is 11.7. The molecule has 1 atom stereocenters. The number of carboxylic acids is 1. The minimum Gasteiger partial charge on any atom is -0.481 e. The van der Waals surface area contributed by atoms with Gasteiger partial charge in [-0.25, -0.2) is 9.48 Å². The van der Waals surface area contributed by atoms with Gasteiger partial charge in [-0.2, -0.15) is 5.10 Å². The first-order valence-corrected chi connectivity index (χ1v) is 11.7. The summed E-state index contributed by atoms with van der Waals surface area (Å²) in [5, 5.41) is 19.0. The van der Waals surface area contributed by atoms with Crippen LogP contribution in [0.5, 0.6) is 0 Å². The predicted octanol–water partition coefficient (Wildman–Crippen LogP) is 4.26. The quantitative estimate of drug-likeness (QED) is 0.472. The third kappa shape index (κ3) is 5.87. The number of carboxylic acid groups (broad SMARTS) is 1. The summed E-state index contributed by atoms with van der Waals surface area (Å²) >= 11 is 0. The zero-order valence-electron chi connectivity index (χ0n) is 19.8. The van der Waals surface area contributed by atoms with E-state index in [2.05, 4.69) is 29.6 Å². The number of anilines is 2. The number of hydrogen-bond donors (Lipinski definition) is 3. The molecule has 35 heavy (non-hydrogen) atoms. The number of aromatic nitrogens is 2. The first kappa shape index (κ1) is 24.0. The number of aliphatic carboxylic acids is 1. The van der Waals surface area contributed by atoms with E-state index in [1.807, 2.05) is 24.3 Å². The molecule has 9 heteroatoms. The van der Waals surface area contributed by atoms with Crippen LogP contribution in [0.15, 0.2) is 60.8 Å². The third-order valence-corrected chi connectivity index (χ3v) is 6.04. The molecule has 0 radical (unpaired) electrons. The van der Waals surface area contributed by atoms with E-state index in [9.17, 15) is 14.4 Å². The highest BCUT2D eigenvalue weighted by Gasteiger charge is 2.34. The average molecular weight is 476 g/mol. The molecule has 3 aromatic rings. The van der Waals surface area contributed by atoms with Crippen LogP contribution in [0.3, 0.4) is 0 Å². The van der Waals surface area contributed by atoms with Crippen molar-refractivity contribution in [2.75, 3.05) is 17.2 Å². The van der Waals surface area contributed by atoms with Crippen LogP contribution in [0.1, 0.15) is 43.7 Å². The minimum atomic E-state index is -0.888. The topological polar surface area (TPSA) is 117 Å². The van der Waals surface area contributed by atoms with Gasteiger partial charge < -0.3 is 20.6 Å². The Labute approximate surface area is 203 Å². The Morgan fingerprint density at radius 3 is 2.40 bits per heavy atom. The molecule has 182 valence electrons. The van der Waals surface area contributed by atoms with Crippen LogP contribution in [0.25, 0.3) is 5.69 Å². The number of carbonyl (C=O) groups is 3. The summed E-state index contributed by atoms with van der Waals surface area (Å²) in [5.74, 6) is -0.386.